The highest BCUT2D eigenvalue weighted by Crippen LogP contribution is 2.04. The van der Waals surface area contributed by atoms with E-state index in [-0.39, 0.29) is 5.97 Å². The number of carbonyl (C=O) groups excluding carboxylic acids is 2. The zero-order chi connectivity index (χ0) is 15.9. The van der Waals surface area contributed by atoms with Crippen LogP contribution in [0.5, 0.6) is 0 Å². The van der Waals surface area contributed by atoms with Crippen LogP contribution in [0.3, 0.4) is 0 Å². The lowest BCUT2D eigenvalue weighted by Gasteiger charge is -2.22. The molecule has 0 spiro atoms. The van der Waals surface area contributed by atoms with Crippen LogP contribution >= 0.6 is 0 Å². The minimum absolute atomic E-state index is 0.145. The summed E-state index contributed by atoms with van der Waals surface area (Å²) in [6.07, 6.45) is 7.41. The topological polar surface area (TPSA) is 49.9 Å². The summed E-state index contributed by atoms with van der Waals surface area (Å²) >= 11 is 0. The number of esters is 1. The molecule has 0 atom stereocenters. The Morgan fingerprint density at radius 3 is 2.19 bits per heavy atom. The second-order valence-electron chi connectivity index (χ2n) is 5.69. The van der Waals surface area contributed by atoms with Crippen molar-refractivity contribution in [2.24, 2.45) is 0 Å². The van der Waals surface area contributed by atoms with Gasteiger partial charge in [0, 0.05) is 12.8 Å². The number of carbonyl (C=O) groups is 2. The Morgan fingerprint density at radius 1 is 0.952 bits per heavy atom. The van der Waals surface area contributed by atoms with Crippen LogP contribution in [-0.4, -0.2) is 69.4 Å². The molecule has 0 aromatic heterocycles. The highest BCUT2D eigenvalue weighted by Gasteiger charge is 2.07. The third kappa shape index (κ3) is 13.8. The minimum atomic E-state index is -0.145. The second-order valence-corrected chi connectivity index (χ2v) is 5.69. The molecule has 0 aromatic rings. The summed E-state index contributed by atoms with van der Waals surface area (Å²) in [5, 5.41) is 0. The lowest BCUT2D eigenvalue weighted by Crippen LogP contribution is -2.28. The number of ether oxygens (including phenoxy) is 1. The maximum Gasteiger partial charge on any atom is 0.305 e. The molecule has 0 fully saturated rings. The molecule has 0 saturated carbocycles. The van der Waals surface area contributed by atoms with Gasteiger partial charge >= 0.3 is 5.97 Å². The van der Waals surface area contributed by atoms with E-state index in [0.29, 0.717) is 12.8 Å². The molecule has 0 aliphatic rings. The highest BCUT2D eigenvalue weighted by molar-refractivity contribution is 5.69. The first-order valence-electron chi connectivity index (χ1n) is 7.97. The number of rotatable bonds is 14. The van der Waals surface area contributed by atoms with Crippen molar-refractivity contribution >= 4 is 12.3 Å². The molecule has 0 heterocycles. The van der Waals surface area contributed by atoms with E-state index in [0.717, 1.165) is 45.3 Å². The maximum atomic E-state index is 11.1. The molecule has 21 heavy (non-hydrogen) atoms. The Hall–Kier alpha value is -0.940. The molecular formula is C16H32N2O3. The number of hydrogen-bond donors (Lipinski definition) is 0. The fraction of sp³-hybridized carbons (Fsp3) is 0.875. The quantitative estimate of drug-likeness (QED) is 0.279. The van der Waals surface area contributed by atoms with Gasteiger partial charge in [-0.05, 0) is 66.0 Å². The zero-order valence-corrected chi connectivity index (χ0v) is 14.0. The molecule has 0 amide bonds. The Kier molecular flexibility index (Phi) is 13.4. The van der Waals surface area contributed by atoms with Crippen LogP contribution in [0.25, 0.3) is 0 Å². The molecule has 0 aromatic carbocycles. The molecule has 0 saturated heterocycles. The van der Waals surface area contributed by atoms with Gasteiger partial charge in [-0.1, -0.05) is 6.42 Å². The van der Waals surface area contributed by atoms with Crippen LogP contribution in [0.2, 0.25) is 0 Å². The SMILES string of the molecule is COC(=O)CCCN(CCCC=O)CCCCCN(C)C. The molecule has 0 rings (SSSR count). The van der Waals surface area contributed by atoms with Gasteiger partial charge in [0.05, 0.1) is 7.11 Å². The summed E-state index contributed by atoms with van der Waals surface area (Å²) < 4.78 is 4.66. The van der Waals surface area contributed by atoms with Gasteiger partial charge in [-0.3, -0.25) is 4.79 Å². The van der Waals surface area contributed by atoms with Gasteiger partial charge in [-0.15, -0.1) is 0 Å². The standard InChI is InChI=1S/C16H32N2O3/c1-17(2)11-5-4-6-12-18(13-7-8-15-19)14-9-10-16(20)21-3/h15H,4-14H2,1-3H3. The van der Waals surface area contributed by atoms with Gasteiger partial charge in [0.2, 0.25) is 0 Å². The summed E-state index contributed by atoms with van der Waals surface area (Å²) in [6, 6.07) is 0. The van der Waals surface area contributed by atoms with Crippen molar-refractivity contribution in [2.75, 3.05) is 47.4 Å². The summed E-state index contributed by atoms with van der Waals surface area (Å²) in [5.74, 6) is -0.145. The third-order valence-corrected chi connectivity index (χ3v) is 3.46. The fourth-order valence-corrected chi connectivity index (χ4v) is 2.22. The van der Waals surface area contributed by atoms with E-state index in [9.17, 15) is 9.59 Å². The number of hydrogen-bond acceptors (Lipinski definition) is 5. The number of nitrogens with zero attached hydrogens (tertiary/aromatic N) is 2. The summed E-state index contributed by atoms with van der Waals surface area (Å²) in [4.78, 5) is 26.1. The van der Waals surface area contributed by atoms with E-state index in [1.165, 1.54) is 26.4 Å². The molecule has 0 unspecified atom stereocenters. The predicted molar refractivity (Wildman–Crippen MR) is 85.4 cm³/mol. The largest absolute Gasteiger partial charge is 0.469 e. The lowest BCUT2D eigenvalue weighted by molar-refractivity contribution is -0.140. The molecule has 124 valence electrons. The van der Waals surface area contributed by atoms with Crippen LogP contribution in [0.4, 0.5) is 0 Å². The van der Waals surface area contributed by atoms with Crippen LogP contribution in [-0.2, 0) is 14.3 Å². The molecular weight excluding hydrogens is 268 g/mol. The van der Waals surface area contributed by atoms with E-state index in [1.54, 1.807) is 0 Å². The first-order chi connectivity index (χ1) is 10.1. The van der Waals surface area contributed by atoms with E-state index < -0.39 is 0 Å². The Labute approximate surface area is 129 Å². The molecule has 0 radical (unpaired) electrons. The van der Waals surface area contributed by atoms with Crippen LogP contribution in [0.1, 0.15) is 44.9 Å². The second kappa shape index (κ2) is 14.0. The van der Waals surface area contributed by atoms with Crippen molar-refractivity contribution in [3.63, 3.8) is 0 Å². The first kappa shape index (κ1) is 20.1. The summed E-state index contributed by atoms with van der Waals surface area (Å²) in [6.45, 7) is 4.02. The van der Waals surface area contributed by atoms with Gasteiger partial charge in [-0.25, -0.2) is 0 Å². The monoisotopic (exact) mass is 300 g/mol. The van der Waals surface area contributed by atoms with Gasteiger partial charge < -0.3 is 19.3 Å². The lowest BCUT2D eigenvalue weighted by atomic mass is 10.2. The van der Waals surface area contributed by atoms with Gasteiger partial charge in [-0.2, -0.15) is 0 Å². The average molecular weight is 300 g/mol. The van der Waals surface area contributed by atoms with Crippen molar-refractivity contribution in [2.45, 2.75) is 44.9 Å². The molecule has 5 heteroatoms. The van der Waals surface area contributed by atoms with Crippen molar-refractivity contribution in [3.8, 4) is 0 Å². The molecule has 0 bridgehead atoms. The normalized spacial score (nSPS) is 11.1. The summed E-state index contributed by atoms with van der Waals surface area (Å²) in [7, 11) is 5.62. The predicted octanol–water partition coefficient (Wildman–Crippen LogP) is 1.95. The highest BCUT2D eigenvalue weighted by atomic mass is 16.5. The van der Waals surface area contributed by atoms with Gasteiger partial charge in [0.25, 0.3) is 0 Å². The third-order valence-electron chi connectivity index (χ3n) is 3.46. The number of unbranched alkanes of at least 4 members (excludes halogenated alkanes) is 3. The van der Waals surface area contributed by atoms with Crippen molar-refractivity contribution in [1.29, 1.82) is 0 Å². The summed E-state index contributed by atoms with van der Waals surface area (Å²) in [5.41, 5.74) is 0. The van der Waals surface area contributed by atoms with Crippen LogP contribution in [0, 0.1) is 0 Å². The van der Waals surface area contributed by atoms with Gasteiger partial charge in [0.1, 0.15) is 6.29 Å². The molecule has 0 N–H and O–H groups in total. The minimum Gasteiger partial charge on any atom is -0.469 e. The van der Waals surface area contributed by atoms with Crippen molar-refractivity contribution in [3.05, 3.63) is 0 Å². The van der Waals surface area contributed by atoms with E-state index in [4.69, 9.17) is 0 Å². The Bertz CT molecular complexity index is 270. The van der Waals surface area contributed by atoms with Gasteiger partial charge in [0.15, 0.2) is 0 Å². The fourth-order valence-electron chi connectivity index (χ4n) is 2.22. The maximum absolute atomic E-state index is 11.1. The van der Waals surface area contributed by atoms with E-state index in [1.807, 2.05) is 0 Å². The zero-order valence-electron chi connectivity index (χ0n) is 14.0. The van der Waals surface area contributed by atoms with Crippen LogP contribution in [0.15, 0.2) is 0 Å². The Morgan fingerprint density at radius 2 is 1.57 bits per heavy atom. The van der Waals surface area contributed by atoms with Crippen molar-refractivity contribution in [1.82, 2.24) is 9.80 Å². The number of aldehydes is 1. The van der Waals surface area contributed by atoms with E-state index in [2.05, 4.69) is 28.6 Å². The first-order valence-corrected chi connectivity index (χ1v) is 7.97. The van der Waals surface area contributed by atoms with Crippen LogP contribution < -0.4 is 0 Å². The molecule has 0 aliphatic heterocycles. The van der Waals surface area contributed by atoms with Crippen molar-refractivity contribution < 1.29 is 14.3 Å². The van der Waals surface area contributed by atoms with E-state index >= 15 is 0 Å². The molecule has 5 nitrogen and oxygen atoms in total. The molecule has 0 aliphatic carbocycles. The smallest absolute Gasteiger partial charge is 0.305 e. The average Bonchev–Trinajstić information content (AvgIpc) is 2.45. The Balaban J connectivity index is 3.84. The number of methoxy groups -OCH3 is 1.